The molecule has 18 heavy (non-hydrogen) atoms. The molecule has 1 rings (SSSR count). The third kappa shape index (κ3) is 4.03. The fourth-order valence-electron chi connectivity index (χ4n) is 1.34. The Morgan fingerprint density at radius 1 is 1.33 bits per heavy atom. The van der Waals surface area contributed by atoms with Crippen molar-refractivity contribution in [2.24, 2.45) is 0 Å². The zero-order valence-electron chi connectivity index (χ0n) is 10.3. The highest BCUT2D eigenvalue weighted by Gasteiger charge is 2.09. The number of carbonyl (C=O) groups excluding carboxylic acids is 1. The van der Waals surface area contributed by atoms with E-state index in [-0.39, 0.29) is 12.5 Å². The normalized spacial score (nSPS) is 10.6. The molecule has 5 heteroatoms. The van der Waals surface area contributed by atoms with E-state index < -0.39 is 5.97 Å². The van der Waals surface area contributed by atoms with E-state index in [0.29, 0.717) is 0 Å². The molecule has 0 unspecified atom stereocenters. The Balaban J connectivity index is 2.76. The maximum Gasteiger partial charge on any atom is 0.328 e. The summed E-state index contributed by atoms with van der Waals surface area (Å²) in [6.07, 6.45) is 2.55. The number of hydrogen-bond acceptors (Lipinski definition) is 3. The number of aliphatic carboxylic acids is 1. The summed E-state index contributed by atoms with van der Waals surface area (Å²) in [4.78, 5) is 23.4. The van der Waals surface area contributed by atoms with Gasteiger partial charge in [0.15, 0.2) is 0 Å². The van der Waals surface area contributed by atoms with Gasteiger partial charge in [-0.05, 0) is 23.8 Å². The molecule has 96 valence electrons. The van der Waals surface area contributed by atoms with E-state index in [4.69, 9.17) is 9.84 Å². The Bertz CT molecular complexity index is 451. The zero-order chi connectivity index (χ0) is 13.5. The Hall–Kier alpha value is -2.14. The predicted molar refractivity (Wildman–Crippen MR) is 68.4 cm³/mol. The first-order valence-corrected chi connectivity index (χ1v) is 5.31. The van der Waals surface area contributed by atoms with E-state index in [1.54, 1.807) is 31.3 Å². The molecular weight excluding hydrogens is 234 g/mol. The van der Waals surface area contributed by atoms with E-state index in [2.05, 4.69) is 0 Å². The van der Waals surface area contributed by atoms with Crippen LogP contribution in [0.3, 0.4) is 0 Å². The van der Waals surface area contributed by atoms with Crippen molar-refractivity contribution in [3.05, 3.63) is 35.9 Å². The van der Waals surface area contributed by atoms with Gasteiger partial charge in [-0.15, -0.1) is 0 Å². The molecule has 0 bridgehead atoms. The molecular formula is C13H15NO4. The minimum atomic E-state index is -0.994. The van der Waals surface area contributed by atoms with Crippen molar-refractivity contribution in [3.8, 4) is 0 Å². The molecule has 0 radical (unpaired) electrons. The van der Waals surface area contributed by atoms with Crippen LogP contribution in [0, 0.1) is 0 Å². The molecule has 0 aliphatic heterocycles. The van der Waals surface area contributed by atoms with E-state index in [1.807, 2.05) is 0 Å². The van der Waals surface area contributed by atoms with E-state index in [9.17, 15) is 9.59 Å². The SMILES string of the molecule is COCC(=O)N(C)c1ccc(C=CC(=O)O)cc1. The van der Waals surface area contributed by atoms with Crippen molar-refractivity contribution < 1.29 is 19.4 Å². The third-order valence-corrected chi connectivity index (χ3v) is 2.34. The molecule has 0 saturated heterocycles. The van der Waals surface area contributed by atoms with Crippen LogP contribution in [0.5, 0.6) is 0 Å². The summed E-state index contributed by atoms with van der Waals surface area (Å²) in [5.74, 6) is -1.14. The number of carbonyl (C=O) groups is 2. The highest BCUT2D eigenvalue weighted by Crippen LogP contribution is 2.14. The van der Waals surface area contributed by atoms with Gasteiger partial charge in [-0.1, -0.05) is 12.1 Å². The van der Waals surface area contributed by atoms with Crippen LogP contribution in [0.4, 0.5) is 5.69 Å². The number of hydrogen-bond donors (Lipinski definition) is 1. The summed E-state index contributed by atoms with van der Waals surface area (Å²) in [5, 5.41) is 8.50. The molecule has 0 aliphatic carbocycles. The van der Waals surface area contributed by atoms with Crippen LogP contribution < -0.4 is 4.90 Å². The molecule has 1 aromatic rings. The second kappa shape index (κ2) is 6.56. The first kappa shape index (κ1) is 13.9. The summed E-state index contributed by atoms with van der Waals surface area (Å²) < 4.78 is 4.77. The Kier molecular flexibility index (Phi) is 5.07. The summed E-state index contributed by atoms with van der Waals surface area (Å²) in [6, 6.07) is 6.97. The molecule has 0 heterocycles. The molecule has 0 atom stereocenters. The lowest BCUT2D eigenvalue weighted by molar-refractivity contribution is -0.131. The average molecular weight is 249 g/mol. The Labute approximate surface area is 105 Å². The first-order valence-electron chi connectivity index (χ1n) is 5.31. The number of nitrogens with zero attached hydrogens (tertiary/aromatic N) is 1. The molecule has 0 aliphatic rings. The minimum Gasteiger partial charge on any atom is -0.478 e. The smallest absolute Gasteiger partial charge is 0.328 e. The monoisotopic (exact) mass is 249 g/mol. The Morgan fingerprint density at radius 2 is 1.94 bits per heavy atom. The molecule has 5 nitrogen and oxygen atoms in total. The van der Waals surface area contributed by atoms with Crippen molar-refractivity contribution in [3.63, 3.8) is 0 Å². The van der Waals surface area contributed by atoms with Crippen LogP contribution in [0.1, 0.15) is 5.56 Å². The van der Waals surface area contributed by atoms with Gasteiger partial charge in [-0.25, -0.2) is 4.79 Å². The lowest BCUT2D eigenvalue weighted by Crippen LogP contribution is -2.29. The van der Waals surface area contributed by atoms with Crippen LogP contribution in [0.2, 0.25) is 0 Å². The third-order valence-electron chi connectivity index (χ3n) is 2.34. The van der Waals surface area contributed by atoms with Crippen LogP contribution in [0.25, 0.3) is 6.08 Å². The van der Waals surface area contributed by atoms with Crippen molar-refractivity contribution >= 4 is 23.6 Å². The number of amides is 1. The van der Waals surface area contributed by atoms with Crippen LogP contribution in [-0.4, -0.2) is 37.7 Å². The molecule has 0 aromatic heterocycles. The molecule has 1 aromatic carbocycles. The van der Waals surface area contributed by atoms with Crippen LogP contribution >= 0.6 is 0 Å². The second-order valence-electron chi connectivity index (χ2n) is 3.65. The number of anilines is 1. The van der Waals surface area contributed by atoms with Gasteiger partial charge in [0.2, 0.25) is 0 Å². The maximum absolute atomic E-state index is 11.6. The topological polar surface area (TPSA) is 66.8 Å². The number of methoxy groups -OCH3 is 1. The van der Waals surface area contributed by atoms with Gasteiger partial charge in [0.05, 0.1) is 0 Å². The van der Waals surface area contributed by atoms with Gasteiger partial charge in [-0.2, -0.15) is 0 Å². The van der Waals surface area contributed by atoms with Gasteiger partial charge in [0.1, 0.15) is 6.61 Å². The fourth-order valence-corrected chi connectivity index (χ4v) is 1.34. The number of ether oxygens (including phenoxy) is 1. The van der Waals surface area contributed by atoms with Gasteiger partial charge in [-0.3, -0.25) is 4.79 Å². The Morgan fingerprint density at radius 3 is 2.44 bits per heavy atom. The average Bonchev–Trinajstić information content (AvgIpc) is 2.36. The molecule has 1 N–H and O–H groups in total. The standard InChI is InChI=1S/C13H15NO4/c1-14(12(15)9-18-2)11-6-3-10(4-7-11)5-8-13(16)17/h3-8H,9H2,1-2H3,(H,16,17). The zero-order valence-corrected chi connectivity index (χ0v) is 10.3. The molecule has 0 spiro atoms. The van der Waals surface area contributed by atoms with E-state index >= 15 is 0 Å². The second-order valence-corrected chi connectivity index (χ2v) is 3.65. The van der Waals surface area contributed by atoms with Crippen molar-refractivity contribution in [2.45, 2.75) is 0 Å². The van der Waals surface area contributed by atoms with Crippen molar-refractivity contribution in [2.75, 3.05) is 25.7 Å². The first-order chi connectivity index (χ1) is 8.54. The lowest BCUT2D eigenvalue weighted by atomic mass is 10.2. The highest BCUT2D eigenvalue weighted by molar-refractivity contribution is 5.93. The predicted octanol–water partition coefficient (Wildman–Crippen LogP) is 1.39. The number of likely N-dealkylation sites (N-methyl/N-ethyl adjacent to an activating group) is 1. The quantitative estimate of drug-likeness (QED) is 0.801. The largest absolute Gasteiger partial charge is 0.478 e. The number of carboxylic acids is 1. The number of benzene rings is 1. The highest BCUT2D eigenvalue weighted by atomic mass is 16.5. The summed E-state index contributed by atoms with van der Waals surface area (Å²) in [6.45, 7) is 0.0250. The maximum atomic E-state index is 11.6. The van der Waals surface area contributed by atoms with Gasteiger partial charge in [0, 0.05) is 25.9 Å². The molecule has 1 amide bonds. The van der Waals surface area contributed by atoms with Crippen LogP contribution in [-0.2, 0) is 14.3 Å². The van der Waals surface area contributed by atoms with Gasteiger partial charge in [0.25, 0.3) is 5.91 Å². The van der Waals surface area contributed by atoms with Gasteiger partial charge >= 0.3 is 5.97 Å². The molecule has 0 saturated carbocycles. The summed E-state index contributed by atoms with van der Waals surface area (Å²) in [5.41, 5.74) is 1.48. The van der Waals surface area contributed by atoms with Gasteiger partial charge < -0.3 is 14.7 Å². The minimum absolute atomic E-state index is 0.0250. The van der Waals surface area contributed by atoms with E-state index in [1.165, 1.54) is 18.1 Å². The summed E-state index contributed by atoms with van der Waals surface area (Å²) in [7, 11) is 3.12. The fraction of sp³-hybridized carbons (Fsp3) is 0.231. The number of carboxylic acid groups (broad SMARTS) is 1. The number of rotatable bonds is 5. The van der Waals surface area contributed by atoms with E-state index in [0.717, 1.165) is 17.3 Å². The van der Waals surface area contributed by atoms with Crippen LogP contribution in [0.15, 0.2) is 30.3 Å². The molecule has 0 fully saturated rings. The van der Waals surface area contributed by atoms with Crippen molar-refractivity contribution in [1.29, 1.82) is 0 Å². The summed E-state index contributed by atoms with van der Waals surface area (Å²) >= 11 is 0. The van der Waals surface area contributed by atoms with Crippen molar-refractivity contribution in [1.82, 2.24) is 0 Å². The lowest BCUT2D eigenvalue weighted by Gasteiger charge is -2.16.